The second kappa shape index (κ2) is 7.72. The summed E-state index contributed by atoms with van der Waals surface area (Å²) in [5.41, 5.74) is 2.33. The molecule has 3 aromatic rings. The van der Waals surface area contributed by atoms with Gasteiger partial charge in [0.15, 0.2) is 6.61 Å². The zero-order chi connectivity index (χ0) is 19.6. The lowest BCUT2D eigenvalue weighted by Gasteiger charge is -2.11. The fourth-order valence-corrected chi connectivity index (χ4v) is 2.76. The molecule has 1 N–H and O–H groups in total. The summed E-state index contributed by atoms with van der Waals surface area (Å²) in [6.07, 6.45) is 0. The zero-order valence-corrected chi connectivity index (χ0v) is 15.4. The van der Waals surface area contributed by atoms with E-state index < -0.39 is 24.3 Å². The second-order valence-electron chi connectivity index (χ2n) is 6.00. The first-order chi connectivity index (χ1) is 12.8. The van der Waals surface area contributed by atoms with Crippen molar-refractivity contribution < 1.29 is 18.7 Å². The van der Waals surface area contributed by atoms with Crippen molar-refractivity contribution in [3.05, 3.63) is 70.1 Å². The lowest BCUT2D eigenvalue weighted by molar-refractivity contribution is -0.119. The molecule has 138 valence electrons. The molecule has 1 amide bonds. The molecule has 0 aliphatic carbocycles. The first-order valence-electron chi connectivity index (χ1n) is 8.14. The van der Waals surface area contributed by atoms with Crippen molar-refractivity contribution in [3.63, 3.8) is 0 Å². The molecule has 0 saturated carbocycles. The number of hydrogen-bond donors (Lipinski definition) is 1. The predicted molar refractivity (Wildman–Crippen MR) is 102 cm³/mol. The van der Waals surface area contributed by atoms with Gasteiger partial charge in [-0.3, -0.25) is 9.78 Å². The molecular formula is C20H16ClFN2O3. The molecular weight excluding hydrogens is 371 g/mol. The number of fused-ring (bicyclic) bond motifs is 1. The molecule has 3 rings (SSSR count). The van der Waals surface area contributed by atoms with E-state index in [0.717, 1.165) is 5.56 Å². The topological polar surface area (TPSA) is 68.3 Å². The molecule has 1 heterocycles. The monoisotopic (exact) mass is 386 g/mol. The molecule has 5 nitrogen and oxygen atoms in total. The zero-order valence-electron chi connectivity index (χ0n) is 14.7. The third-order valence-corrected chi connectivity index (χ3v) is 4.48. The van der Waals surface area contributed by atoms with E-state index in [0.29, 0.717) is 27.3 Å². The highest BCUT2D eigenvalue weighted by Crippen LogP contribution is 2.23. The standard InChI is InChI=1S/C20H16ClFN2O3/c1-11-16(21)4-3-5-17(11)24-19(25)10-27-20(26)15-8-13-6-7-14(22)9-18(13)23-12(15)2/h3-9H,10H2,1-2H3,(H,24,25). The van der Waals surface area contributed by atoms with Crippen LogP contribution >= 0.6 is 11.6 Å². The van der Waals surface area contributed by atoms with Crippen molar-refractivity contribution in [3.8, 4) is 0 Å². The van der Waals surface area contributed by atoms with Gasteiger partial charge in [-0.05, 0) is 49.7 Å². The fourth-order valence-electron chi connectivity index (χ4n) is 2.58. The van der Waals surface area contributed by atoms with E-state index in [9.17, 15) is 14.0 Å². The number of carbonyl (C=O) groups excluding carboxylic acids is 2. The van der Waals surface area contributed by atoms with Crippen molar-refractivity contribution in [2.45, 2.75) is 13.8 Å². The quantitative estimate of drug-likeness (QED) is 0.673. The van der Waals surface area contributed by atoms with E-state index in [2.05, 4.69) is 10.3 Å². The molecule has 0 fully saturated rings. The average Bonchev–Trinajstić information content (AvgIpc) is 2.63. The van der Waals surface area contributed by atoms with E-state index in [1.807, 2.05) is 0 Å². The van der Waals surface area contributed by atoms with Gasteiger partial charge in [-0.1, -0.05) is 17.7 Å². The van der Waals surface area contributed by atoms with Crippen molar-refractivity contribution in [1.82, 2.24) is 4.98 Å². The van der Waals surface area contributed by atoms with Crippen molar-refractivity contribution in [2.24, 2.45) is 0 Å². The number of ether oxygens (including phenoxy) is 1. The Kier molecular flexibility index (Phi) is 5.37. The first kappa shape index (κ1) is 18.8. The van der Waals surface area contributed by atoms with E-state index >= 15 is 0 Å². The lowest BCUT2D eigenvalue weighted by atomic mass is 10.1. The third-order valence-electron chi connectivity index (χ3n) is 4.07. The summed E-state index contributed by atoms with van der Waals surface area (Å²) in [6.45, 7) is 2.94. The smallest absolute Gasteiger partial charge is 0.340 e. The molecule has 7 heteroatoms. The van der Waals surface area contributed by atoms with Crippen LogP contribution in [0.4, 0.5) is 10.1 Å². The van der Waals surface area contributed by atoms with Crippen LogP contribution in [0.5, 0.6) is 0 Å². The third kappa shape index (κ3) is 4.23. The maximum Gasteiger partial charge on any atom is 0.340 e. The number of aryl methyl sites for hydroxylation is 1. The summed E-state index contributed by atoms with van der Waals surface area (Å²) in [4.78, 5) is 28.6. The van der Waals surface area contributed by atoms with Crippen LogP contribution in [-0.2, 0) is 9.53 Å². The Labute approximate surface area is 160 Å². The summed E-state index contributed by atoms with van der Waals surface area (Å²) < 4.78 is 18.4. The molecule has 2 aromatic carbocycles. The predicted octanol–water partition coefficient (Wildman–Crippen LogP) is 4.44. The van der Waals surface area contributed by atoms with Crippen LogP contribution in [-0.4, -0.2) is 23.5 Å². The number of amides is 1. The Bertz CT molecular complexity index is 1050. The summed E-state index contributed by atoms with van der Waals surface area (Å²) in [6, 6.07) is 10.8. The Balaban J connectivity index is 1.69. The van der Waals surface area contributed by atoms with Crippen LogP contribution in [0.1, 0.15) is 21.6 Å². The number of pyridine rings is 1. The molecule has 0 bridgehead atoms. The maximum absolute atomic E-state index is 13.3. The fraction of sp³-hybridized carbons (Fsp3) is 0.150. The van der Waals surface area contributed by atoms with Crippen LogP contribution in [0.2, 0.25) is 5.02 Å². The van der Waals surface area contributed by atoms with Crippen LogP contribution in [0.15, 0.2) is 42.5 Å². The molecule has 0 atom stereocenters. The number of nitrogens with one attached hydrogen (secondary N) is 1. The van der Waals surface area contributed by atoms with Gasteiger partial charge >= 0.3 is 5.97 Å². The number of halogens is 2. The molecule has 0 aliphatic rings. The Morgan fingerprint density at radius 1 is 1.19 bits per heavy atom. The van der Waals surface area contributed by atoms with Crippen molar-refractivity contribution in [2.75, 3.05) is 11.9 Å². The number of hydrogen-bond acceptors (Lipinski definition) is 4. The van der Waals surface area contributed by atoms with E-state index in [1.54, 1.807) is 38.1 Å². The van der Waals surface area contributed by atoms with Crippen molar-refractivity contribution >= 4 is 40.1 Å². The van der Waals surface area contributed by atoms with Gasteiger partial charge in [0.2, 0.25) is 0 Å². The minimum Gasteiger partial charge on any atom is -0.452 e. The van der Waals surface area contributed by atoms with Gasteiger partial charge in [-0.2, -0.15) is 0 Å². The van der Waals surface area contributed by atoms with Crippen LogP contribution in [0.3, 0.4) is 0 Å². The molecule has 0 radical (unpaired) electrons. The number of carbonyl (C=O) groups is 2. The number of anilines is 1. The van der Waals surface area contributed by atoms with Gasteiger partial charge in [0.1, 0.15) is 5.82 Å². The van der Waals surface area contributed by atoms with Crippen molar-refractivity contribution in [1.29, 1.82) is 0 Å². The highest BCUT2D eigenvalue weighted by Gasteiger charge is 2.16. The van der Waals surface area contributed by atoms with Gasteiger partial charge in [-0.15, -0.1) is 0 Å². The Hall–Kier alpha value is -2.99. The normalized spacial score (nSPS) is 10.7. The first-order valence-corrected chi connectivity index (χ1v) is 8.52. The van der Waals surface area contributed by atoms with Gasteiger partial charge in [0.05, 0.1) is 16.8 Å². The van der Waals surface area contributed by atoms with Gasteiger partial charge in [-0.25, -0.2) is 9.18 Å². The van der Waals surface area contributed by atoms with E-state index in [4.69, 9.17) is 16.3 Å². The minimum absolute atomic E-state index is 0.223. The highest BCUT2D eigenvalue weighted by molar-refractivity contribution is 6.31. The van der Waals surface area contributed by atoms with Gasteiger partial charge < -0.3 is 10.1 Å². The summed E-state index contributed by atoms with van der Waals surface area (Å²) in [7, 11) is 0. The number of esters is 1. The SMILES string of the molecule is Cc1nc2cc(F)ccc2cc1C(=O)OCC(=O)Nc1cccc(Cl)c1C. The Morgan fingerprint density at radius 2 is 1.96 bits per heavy atom. The number of rotatable bonds is 4. The molecule has 27 heavy (non-hydrogen) atoms. The summed E-state index contributed by atoms with van der Waals surface area (Å²) in [5, 5.41) is 3.78. The largest absolute Gasteiger partial charge is 0.452 e. The van der Waals surface area contributed by atoms with Gasteiger partial charge in [0, 0.05) is 22.2 Å². The number of aromatic nitrogens is 1. The minimum atomic E-state index is -0.677. The second-order valence-corrected chi connectivity index (χ2v) is 6.40. The van der Waals surface area contributed by atoms with Crippen LogP contribution < -0.4 is 5.32 Å². The number of benzene rings is 2. The average molecular weight is 387 g/mol. The molecule has 0 aliphatic heterocycles. The molecule has 0 unspecified atom stereocenters. The number of nitrogens with zero attached hydrogens (tertiary/aromatic N) is 1. The lowest BCUT2D eigenvalue weighted by Crippen LogP contribution is -2.21. The molecule has 0 spiro atoms. The summed E-state index contributed by atoms with van der Waals surface area (Å²) >= 11 is 6.01. The summed E-state index contributed by atoms with van der Waals surface area (Å²) in [5.74, 6) is -1.57. The van der Waals surface area contributed by atoms with Gasteiger partial charge in [0.25, 0.3) is 5.91 Å². The van der Waals surface area contributed by atoms with Crippen LogP contribution in [0.25, 0.3) is 10.9 Å². The Morgan fingerprint density at radius 3 is 2.74 bits per heavy atom. The van der Waals surface area contributed by atoms with E-state index in [-0.39, 0.29) is 5.56 Å². The van der Waals surface area contributed by atoms with E-state index in [1.165, 1.54) is 18.2 Å². The maximum atomic E-state index is 13.3. The highest BCUT2D eigenvalue weighted by atomic mass is 35.5. The molecule has 1 aromatic heterocycles. The molecule has 0 saturated heterocycles. The van der Waals surface area contributed by atoms with Crippen LogP contribution in [0, 0.1) is 19.7 Å².